The number of ether oxygens (including phenoxy) is 1. The largest absolute Gasteiger partial charge is 0.494 e. The van der Waals surface area contributed by atoms with Crippen molar-refractivity contribution in [2.24, 2.45) is 4.99 Å². The average molecular weight is 524 g/mol. The number of carbonyl (C=O) groups is 1. The van der Waals surface area contributed by atoms with Gasteiger partial charge in [0, 0.05) is 30.8 Å². The number of carbonyl (C=O) groups excluding carboxylic acids is 1. The van der Waals surface area contributed by atoms with Gasteiger partial charge < -0.3 is 20.7 Å². The molecule has 0 atom stereocenters. The molecule has 7 heteroatoms. The van der Waals surface area contributed by atoms with Crippen molar-refractivity contribution in [2.45, 2.75) is 46.7 Å². The minimum Gasteiger partial charge on any atom is -0.494 e. The minimum absolute atomic E-state index is 0. The Morgan fingerprint density at radius 1 is 1.03 bits per heavy atom. The Morgan fingerprint density at radius 3 is 2.57 bits per heavy atom. The van der Waals surface area contributed by atoms with Crippen LogP contribution in [0.15, 0.2) is 53.5 Å². The molecule has 0 fully saturated rings. The SMILES string of the molecule is CCCC(=O)Nc1cccc(CN=C(NCC)NCc2ccccc2OCC)c1.I. The number of halogens is 1. The maximum Gasteiger partial charge on any atom is 0.224 e. The van der Waals surface area contributed by atoms with Gasteiger partial charge in [0.15, 0.2) is 5.96 Å². The van der Waals surface area contributed by atoms with E-state index in [1.807, 2.05) is 69.3 Å². The molecule has 0 aromatic heterocycles. The lowest BCUT2D eigenvalue weighted by atomic mass is 10.2. The van der Waals surface area contributed by atoms with Crippen LogP contribution in [0, 0.1) is 0 Å². The van der Waals surface area contributed by atoms with Crippen molar-refractivity contribution in [2.75, 3.05) is 18.5 Å². The fraction of sp³-hybridized carbons (Fsp3) is 0.391. The quantitative estimate of drug-likeness (QED) is 0.240. The van der Waals surface area contributed by atoms with Crippen molar-refractivity contribution in [3.8, 4) is 5.75 Å². The highest BCUT2D eigenvalue weighted by Gasteiger charge is 2.05. The lowest BCUT2D eigenvalue weighted by molar-refractivity contribution is -0.116. The van der Waals surface area contributed by atoms with E-state index in [2.05, 4.69) is 20.9 Å². The summed E-state index contributed by atoms with van der Waals surface area (Å²) >= 11 is 0. The second-order valence-electron chi connectivity index (χ2n) is 6.59. The number of nitrogens with one attached hydrogen (secondary N) is 3. The van der Waals surface area contributed by atoms with Crippen LogP contribution in [-0.2, 0) is 17.9 Å². The first kappa shape index (κ1) is 25.7. The predicted octanol–water partition coefficient (Wildman–Crippen LogP) is 4.70. The van der Waals surface area contributed by atoms with Crippen LogP contribution in [0.4, 0.5) is 5.69 Å². The maximum atomic E-state index is 11.8. The number of amides is 1. The van der Waals surface area contributed by atoms with Gasteiger partial charge in [-0.15, -0.1) is 24.0 Å². The Morgan fingerprint density at radius 2 is 1.83 bits per heavy atom. The molecule has 0 saturated carbocycles. The average Bonchev–Trinajstić information content (AvgIpc) is 2.72. The van der Waals surface area contributed by atoms with E-state index in [4.69, 9.17) is 4.74 Å². The fourth-order valence-electron chi connectivity index (χ4n) is 2.84. The Bertz CT molecular complexity index is 811. The number of benzene rings is 2. The van der Waals surface area contributed by atoms with Crippen LogP contribution in [0.2, 0.25) is 0 Å². The van der Waals surface area contributed by atoms with Gasteiger partial charge in [-0.3, -0.25) is 4.79 Å². The summed E-state index contributed by atoms with van der Waals surface area (Å²) in [4.78, 5) is 16.5. The standard InChI is InChI=1S/C23H32N4O2.HI/c1-4-10-22(28)27-20-13-9-11-18(15-20)16-25-23(24-5-2)26-17-19-12-7-8-14-21(19)29-6-3;/h7-9,11-15H,4-6,10,16-17H2,1-3H3,(H,27,28)(H2,24,25,26);1H. The number of para-hydroxylation sites is 1. The van der Waals surface area contributed by atoms with Crippen molar-refractivity contribution in [1.82, 2.24) is 10.6 Å². The number of hydrogen-bond donors (Lipinski definition) is 3. The highest BCUT2D eigenvalue weighted by atomic mass is 127. The zero-order valence-electron chi connectivity index (χ0n) is 18.0. The van der Waals surface area contributed by atoms with Gasteiger partial charge in [-0.1, -0.05) is 37.3 Å². The van der Waals surface area contributed by atoms with Gasteiger partial charge in [-0.05, 0) is 44.0 Å². The van der Waals surface area contributed by atoms with E-state index in [1.165, 1.54) is 0 Å². The molecule has 3 N–H and O–H groups in total. The van der Waals surface area contributed by atoms with E-state index in [0.29, 0.717) is 26.1 Å². The first-order chi connectivity index (χ1) is 14.2. The van der Waals surface area contributed by atoms with E-state index in [0.717, 1.165) is 41.5 Å². The molecule has 2 aromatic carbocycles. The van der Waals surface area contributed by atoms with E-state index in [1.54, 1.807) is 0 Å². The van der Waals surface area contributed by atoms with Gasteiger partial charge >= 0.3 is 0 Å². The third kappa shape index (κ3) is 9.02. The molecule has 0 unspecified atom stereocenters. The molecule has 0 spiro atoms. The molecule has 30 heavy (non-hydrogen) atoms. The van der Waals surface area contributed by atoms with Crippen molar-refractivity contribution >= 4 is 41.5 Å². The van der Waals surface area contributed by atoms with Crippen LogP contribution in [0.25, 0.3) is 0 Å². The smallest absolute Gasteiger partial charge is 0.224 e. The highest BCUT2D eigenvalue weighted by molar-refractivity contribution is 14.0. The van der Waals surface area contributed by atoms with Crippen LogP contribution in [0.3, 0.4) is 0 Å². The molecule has 0 bridgehead atoms. The Hall–Kier alpha value is -2.29. The first-order valence-electron chi connectivity index (χ1n) is 10.3. The first-order valence-corrected chi connectivity index (χ1v) is 10.3. The number of hydrogen-bond acceptors (Lipinski definition) is 3. The zero-order chi connectivity index (χ0) is 20.9. The summed E-state index contributed by atoms with van der Waals surface area (Å²) in [7, 11) is 0. The molecular formula is C23H33IN4O2. The monoisotopic (exact) mass is 524 g/mol. The number of nitrogens with zero attached hydrogens (tertiary/aromatic N) is 1. The van der Waals surface area contributed by atoms with Gasteiger partial charge in [-0.25, -0.2) is 4.99 Å². The van der Waals surface area contributed by atoms with E-state index in [-0.39, 0.29) is 29.9 Å². The summed E-state index contributed by atoms with van der Waals surface area (Å²) < 4.78 is 5.69. The van der Waals surface area contributed by atoms with Gasteiger partial charge in [0.25, 0.3) is 0 Å². The van der Waals surface area contributed by atoms with E-state index >= 15 is 0 Å². The molecule has 2 aromatic rings. The lowest BCUT2D eigenvalue weighted by Crippen LogP contribution is -2.36. The molecule has 0 heterocycles. The van der Waals surface area contributed by atoms with Crippen LogP contribution in [0.5, 0.6) is 5.75 Å². The molecular weight excluding hydrogens is 491 g/mol. The molecule has 164 valence electrons. The molecule has 2 rings (SSSR count). The summed E-state index contributed by atoms with van der Waals surface area (Å²) in [5.41, 5.74) is 2.92. The van der Waals surface area contributed by atoms with Gasteiger partial charge in [0.2, 0.25) is 5.91 Å². The number of guanidine groups is 1. The Labute approximate surface area is 196 Å². The van der Waals surface area contributed by atoms with Crippen molar-refractivity contribution in [3.05, 3.63) is 59.7 Å². The maximum absolute atomic E-state index is 11.8. The lowest BCUT2D eigenvalue weighted by Gasteiger charge is -2.14. The molecule has 0 saturated heterocycles. The van der Waals surface area contributed by atoms with Crippen LogP contribution < -0.4 is 20.7 Å². The van der Waals surface area contributed by atoms with E-state index in [9.17, 15) is 4.79 Å². The van der Waals surface area contributed by atoms with Gasteiger partial charge in [0.1, 0.15) is 5.75 Å². The van der Waals surface area contributed by atoms with Crippen molar-refractivity contribution in [3.63, 3.8) is 0 Å². The molecule has 0 aliphatic heterocycles. The topological polar surface area (TPSA) is 74.8 Å². The van der Waals surface area contributed by atoms with Crippen LogP contribution >= 0.6 is 24.0 Å². The van der Waals surface area contributed by atoms with Gasteiger partial charge in [-0.2, -0.15) is 0 Å². The van der Waals surface area contributed by atoms with Crippen molar-refractivity contribution < 1.29 is 9.53 Å². The Balaban J connectivity index is 0.00000450. The van der Waals surface area contributed by atoms with Crippen LogP contribution in [-0.4, -0.2) is 25.0 Å². The summed E-state index contributed by atoms with van der Waals surface area (Å²) in [5.74, 6) is 1.66. The molecule has 0 radical (unpaired) electrons. The number of aliphatic imine (C=N–C) groups is 1. The summed E-state index contributed by atoms with van der Waals surface area (Å²) in [6.07, 6.45) is 1.36. The highest BCUT2D eigenvalue weighted by Crippen LogP contribution is 2.17. The number of rotatable bonds is 10. The third-order valence-corrected chi connectivity index (χ3v) is 4.17. The molecule has 0 aliphatic carbocycles. The molecule has 1 amide bonds. The zero-order valence-corrected chi connectivity index (χ0v) is 20.4. The third-order valence-electron chi connectivity index (χ3n) is 4.17. The summed E-state index contributed by atoms with van der Waals surface area (Å²) in [5, 5.41) is 9.55. The second kappa shape index (κ2) is 14.7. The predicted molar refractivity (Wildman–Crippen MR) is 135 cm³/mol. The molecule has 6 nitrogen and oxygen atoms in total. The van der Waals surface area contributed by atoms with E-state index < -0.39 is 0 Å². The number of anilines is 1. The summed E-state index contributed by atoms with van der Waals surface area (Å²) in [6, 6.07) is 15.8. The van der Waals surface area contributed by atoms with Crippen molar-refractivity contribution in [1.29, 1.82) is 0 Å². The Kier molecular flexibility index (Phi) is 12.6. The van der Waals surface area contributed by atoms with Crippen LogP contribution in [0.1, 0.15) is 44.7 Å². The normalized spacial score (nSPS) is 10.7. The fourth-order valence-corrected chi connectivity index (χ4v) is 2.84. The second-order valence-corrected chi connectivity index (χ2v) is 6.59. The summed E-state index contributed by atoms with van der Waals surface area (Å²) in [6.45, 7) is 8.55. The van der Waals surface area contributed by atoms with Gasteiger partial charge in [0.05, 0.1) is 13.2 Å². The minimum atomic E-state index is 0. The molecule has 0 aliphatic rings.